The van der Waals surface area contributed by atoms with Crippen LogP contribution >= 0.6 is 23.2 Å². The minimum atomic E-state index is -0.624. The Kier molecular flexibility index (Phi) is 6.87. The van der Waals surface area contributed by atoms with Crippen LogP contribution in [-0.4, -0.2) is 44.0 Å². The van der Waals surface area contributed by atoms with Crippen molar-refractivity contribution >= 4 is 29.2 Å². The van der Waals surface area contributed by atoms with Crippen molar-refractivity contribution in [2.45, 2.75) is 19.0 Å². The number of benzene rings is 1. The van der Waals surface area contributed by atoms with E-state index in [-0.39, 0.29) is 24.8 Å². The molecule has 0 spiro atoms. The van der Waals surface area contributed by atoms with E-state index in [1.165, 1.54) is 10.6 Å². The lowest BCUT2D eigenvalue weighted by Gasteiger charge is -2.19. The minimum Gasteiger partial charge on any atom is -0.394 e. The molecule has 3 rings (SSSR count). The van der Waals surface area contributed by atoms with Gasteiger partial charge in [0.15, 0.2) is 0 Å². The first-order valence-electron chi connectivity index (χ1n) is 8.91. The van der Waals surface area contributed by atoms with Gasteiger partial charge in [-0.3, -0.25) is 4.79 Å². The second-order valence-corrected chi connectivity index (χ2v) is 7.43. The number of nitrogens with zero attached hydrogens (tertiary/aromatic N) is 3. The average Bonchev–Trinajstić information content (AvgIpc) is 2.69. The summed E-state index contributed by atoms with van der Waals surface area (Å²) < 4.78 is 1.42. The first kappa shape index (κ1) is 21.3. The maximum Gasteiger partial charge on any atom is 0.251 e. The topological polar surface area (TPSA) is 100 Å². The molecule has 0 bridgehead atoms. The quantitative estimate of drug-likeness (QED) is 0.528. The number of hydrogen-bond acceptors (Lipinski definition) is 6. The van der Waals surface area contributed by atoms with Crippen LogP contribution < -0.4 is 10.9 Å². The summed E-state index contributed by atoms with van der Waals surface area (Å²) in [5, 5.41) is 22.9. The number of nitrogens with one attached hydrogen (secondary N) is 1. The van der Waals surface area contributed by atoms with Crippen molar-refractivity contribution in [1.82, 2.24) is 14.5 Å². The van der Waals surface area contributed by atoms with E-state index in [1.54, 1.807) is 49.6 Å². The molecule has 1 unspecified atom stereocenters. The van der Waals surface area contributed by atoms with Crippen LogP contribution in [0.25, 0.3) is 11.3 Å². The lowest BCUT2D eigenvalue weighted by Crippen LogP contribution is -2.27. The van der Waals surface area contributed by atoms with E-state index in [9.17, 15) is 9.90 Å². The van der Waals surface area contributed by atoms with Crippen molar-refractivity contribution in [2.75, 3.05) is 18.5 Å². The SMILES string of the molecule is C[C@@H](CO)Nc1nccc(-c2ccn(C(CO)c3cc(Cl)cc(Cl)c3)c(=O)c2)n1. The highest BCUT2D eigenvalue weighted by Gasteiger charge is 2.16. The Morgan fingerprint density at radius 2 is 1.83 bits per heavy atom. The summed E-state index contributed by atoms with van der Waals surface area (Å²) in [6.07, 6.45) is 3.17. The largest absolute Gasteiger partial charge is 0.394 e. The molecule has 2 atom stereocenters. The number of aliphatic hydroxyl groups excluding tert-OH is 2. The van der Waals surface area contributed by atoms with Crippen molar-refractivity contribution in [1.29, 1.82) is 0 Å². The van der Waals surface area contributed by atoms with Gasteiger partial charge in [-0.1, -0.05) is 23.2 Å². The molecule has 0 aliphatic carbocycles. The van der Waals surface area contributed by atoms with Gasteiger partial charge in [0, 0.05) is 40.1 Å². The van der Waals surface area contributed by atoms with Gasteiger partial charge in [0.2, 0.25) is 5.95 Å². The summed E-state index contributed by atoms with van der Waals surface area (Å²) in [6.45, 7) is 1.45. The molecule has 0 aliphatic rings. The molecule has 29 heavy (non-hydrogen) atoms. The maximum atomic E-state index is 12.8. The van der Waals surface area contributed by atoms with Gasteiger partial charge in [0.25, 0.3) is 5.56 Å². The van der Waals surface area contributed by atoms with E-state index >= 15 is 0 Å². The molecule has 0 amide bonds. The van der Waals surface area contributed by atoms with Gasteiger partial charge < -0.3 is 20.1 Å². The van der Waals surface area contributed by atoms with Crippen LogP contribution in [0, 0.1) is 0 Å². The third-order valence-corrected chi connectivity index (χ3v) is 4.76. The fourth-order valence-corrected chi connectivity index (χ4v) is 3.43. The maximum absolute atomic E-state index is 12.8. The molecule has 0 fully saturated rings. The predicted octanol–water partition coefficient (Wildman–Crippen LogP) is 2.99. The van der Waals surface area contributed by atoms with Gasteiger partial charge in [-0.05, 0) is 42.8 Å². The number of aliphatic hydroxyl groups is 2. The molecular formula is C20H20Cl2N4O3. The molecule has 0 radical (unpaired) electrons. The Bertz CT molecular complexity index is 1040. The number of hydrogen-bond donors (Lipinski definition) is 3. The van der Waals surface area contributed by atoms with Crippen LogP contribution in [0.3, 0.4) is 0 Å². The Hall–Kier alpha value is -2.45. The van der Waals surface area contributed by atoms with Gasteiger partial charge in [-0.2, -0.15) is 0 Å². The van der Waals surface area contributed by atoms with Gasteiger partial charge >= 0.3 is 0 Å². The summed E-state index contributed by atoms with van der Waals surface area (Å²) >= 11 is 12.1. The first-order valence-corrected chi connectivity index (χ1v) is 9.66. The van der Waals surface area contributed by atoms with E-state index < -0.39 is 6.04 Å². The first-order chi connectivity index (χ1) is 13.9. The van der Waals surface area contributed by atoms with Gasteiger partial charge in [-0.15, -0.1) is 0 Å². The highest BCUT2D eigenvalue weighted by molar-refractivity contribution is 6.34. The zero-order valence-corrected chi connectivity index (χ0v) is 17.1. The van der Waals surface area contributed by atoms with E-state index in [2.05, 4.69) is 15.3 Å². The molecule has 0 saturated carbocycles. The molecule has 3 N–H and O–H groups in total. The molecule has 9 heteroatoms. The monoisotopic (exact) mass is 434 g/mol. The van der Waals surface area contributed by atoms with Crippen molar-refractivity contribution < 1.29 is 10.2 Å². The second-order valence-electron chi connectivity index (χ2n) is 6.56. The van der Waals surface area contributed by atoms with Crippen LogP contribution in [0.1, 0.15) is 18.5 Å². The van der Waals surface area contributed by atoms with Crippen molar-refractivity contribution in [3.05, 3.63) is 74.8 Å². The second kappa shape index (κ2) is 9.37. The number of aromatic nitrogens is 3. The highest BCUT2D eigenvalue weighted by Crippen LogP contribution is 2.26. The fourth-order valence-electron chi connectivity index (χ4n) is 2.88. The molecule has 1 aromatic carbocycles. The van der Waals surface area contributed by atoms with E-state index in [1.807, 2.05) is 0 Å². The van der Waals surface area contributed by atoms with Crippen LogP contribution in [0.2, 0.25) is 10.0 Å². The van der Waals surface area contributed by atoms with Crippen LogP contribution in [0.5, 0.6) is 0 Å². The molecule has 7 nitrogen and oxygen atoms in total. The zero-order valence-electron chi connectivity index (χ0n) is 15.6. The molecule has 2 heterocycles. The van der Waals surface area contributed by atoms with Crippen molar-refractivity contribution in [3.63, 3.8) is 0 Å². The lowest BCUT2D eigenvalue weighted by molar-refractivity contribution is 0.247. The molecule has 3 aromatic rings. The van der Waals surface area contributed by atoms with Crippen molar-refractivity contribution in [3.8, 4) is 11.3 Å². The van der Waals surface area contributed by atoms with E-state index in [4.69, 9.17) is 28.3 Å². The van der Waals surface area contributed by atoms with Gasteiger partial charge in [0.05, 0.1) is 24.9 Å². The van der Waals surface area contributed by atoms with Gasteiger partial charge in [0.1, 0.15) is 0 Å². The molecule has 0 aliphatic heterocycles. The third-order valence-electron chi connectivity index (χ3n) is 4.33. The number of anilines is 1. The molecule has 152 valence electrons. The fraction of sp³-hybridized carbons (Fsp3) is 0.250. The summed E-state index contributed by atoms with van der Waals surface area (Å²) in [6, 6.07) is 8.96. The molecule has 0 saturated heterocycles. The summed E-state index contributed by atoms with van der Waals surface area (Å²) in [4.78, 5) is 21.3. The van der Waals surface area contributed by atoms with Crippen molar-refractivity contribution in [2.24, 2.45) is 0 Å². The minimum absolute atomic E-state index is 0.0559. The Morgan fingerprint density at radius 3 is 2.45 bits per heavy atom. The Balaban J connectivity index is 1.94. The van der Waals surface area contributed by atoms with E-state index in [0.717, 1.165) is 0 Å². The van der Waals surface area contributed by atoms with Crippen LogP contribution in [0.4, 0.5) is 5.95 Å². The number of pyridine rings is 1. The average molecular weight is 435 g/mol. The van der Waals surface area contributed by atoms with Gasteiger partial charge in [-0.25, -0.2) is 9.97 Å². The predicted molar refractivity (Wildman–Crippen MR) is 114 cm³/mol. The van der Waals surface area contributed by atoms with Crippen LogP contribution in [-0.2, 0) is 0 Å². The zero-order chi connectivity index (χ0) is 21.0. The van der Waals surface area contributed by atoms with Crippen LogP contribution in [0.15, 0.2) is 53.6 Å². The number of halogens is 2. The summed E-state index contributed by atoms with van der Waals surface area (Å²) in [5.74, 6) is 0.357. The smallest absolute Gasteiger partial charge is 0.251 e. The normalized spacial score (nSPS) is 13.1. The molecular weight excluding hydrogens is 415 g/mol. The summed E-state index contributed by atoms with van der Waals surface area (Å²) in [7, 11) is 0. The standard InChI is InChI=1S/C20H20Cl2N4O3/c1-12(10-27)24-20-23-4-2-17(25-20)13-3-5-26(19(29)8-13)18(11-28)14-6-15(21)9-16(22)7-14/h2-9,12,18,27-28H,10-11H2,1H3,(H,23,24,25)/t12-,18?/m0/s1. The Labute approximate surface area is 177 Å². The summed E-state index contributed by atoms with van der Waals surface area (Å²) in [5.41, 5.74) is 1.48. The highest BCUT2D eigenvalue weighted by atomic mass is 35.5. The molecule has 2 aromatic heterocycles. The third kappa shape index (κ3) is 5.13. The number of rotatable bonds is 7. The lowest BCUT2D eigenvalue weighted by atomic mass is 10.1. The van der Waals surface area contributed by atoms with E-state index in [0.29, 0.717) is 32.8 Å². The Morgan fingerprint density at radius 1 is 1.10 bits per heavy atom.